The van der Waals surface area contributed by atoms with Crippen LogP contribution in [0.5, 0.6) is 0 Å². The molecule has 0 aliphatic rings. The van der Waals surface area contributed by atoms with Crippen LogP contribution in [0.1, 0.15) is 16.8 Å². The summed E-state index contributed by atoms with van der Waals surface area (Å²) in [5.74, 6) is 0.809. The van der Waals surface area contributed by atoms with Crippen LogP contribution in [0.3, 0.4) is 0 Å². The summed E-state index contributed by atoms with van der Waals surface area (Å²) in [5, 5.41) is 2.77. The second-order valence-electron chi connectivity index (χ2n) is 3.16. The van der Waals surface area contributed by atoms with Crippen molar-refractivity contribution in [3.8, 4) is 0 Å². The van der Waals surface area contributed by atoms with Crippen LogP contribution < -0.4 is 5.32 Å². The summed E-state index contributed by atoms with van der Waals surface area (Å²) in [6, 6.07) is 6.81. The Kier molecular flexibility index (Phi) is 8.96. The molecule has 0 aliphatic heterocycles. The fraction of sp³-hybridized carbons (Fsp3) is 0.273. The van der Waals surface area contributed by atoms with Crippen LogP contribution in [0, 0.1) is 0 Å². The predicted octanol–water partition coefficient (Wildman–Crippen LogP) is 1.68. The maximum atomic E-state index is 11.4. The number of benzene rings is 1. The van der Waals surface area contributed by atoms with E-state index in [9.17, 15) is 9.59 Å². The monoisotopic (exact) mass is 499 g/mol. The smallest absolute Gasteiger partial charge is 0 e. The Labute approximate surface area is 129 Å². The van der Waals surface area contributed by atoms with Crippen molar-refractivity contribution in [2.75, 3.05) is 17.3 Å². The minimum Gasteiger partial charge on any atom is 0 e. The largest absolute Gasteiger partial charge is 0 e. The normalized spacial score (nSPS) is 9.24. The Morgan fingerprint density at radius 1 is 1.29 bits per heavy atom. The van der Waals surface area contributed by atoms with Crippen LogP contribution in [0.4, 0.5) is 5.69 Å². The first-order chi connectivity index (χ1) is 7.63. The second kappa shape index (κ2) is 8.97. The van der Waals surface area contributed by atoms with Gasteiger partial charge in [0.2, 0.25) is 0 Å². The molecule has 3 nitrogen and oxygen atoms in total. The van der Waals surface area contributed by atoms with E-state index < -0.39 is 0 Å². The molecule has 17 heavy (non-hydrogen) atoms. The topological polar surface area (TPSA) is 46.2 Å². The quantitative estimate of drug-likeness (QED) is 0.629. The Bertz CT molecular complexity index is 384. The maximum absolute atomic E-state index is 11.4. The van der Waals surface area contributed by atoms with Gasteiger partial charge in [0.25, 0.3) is 0 Å². The molecule has 0 atom stereocenters. The van der Waals surface area contributed by atoms with Crippen molar-refractivity contribution >= 4 is 44.1 Å². The summed E-state index contributed by atoms with van der Waals surface area (Å²) >= 11 is 4.05. The second-order valence-corrected chi connectivity index (χ2v) is 4.92. The zero-order valence-corrected chi connectivity index (χ0v) is 13.9. The maximum Gasteiger partial charge on any atom is 0 e. The number of anilines is 1. The zero-order valence-electron chi connectivity index (χ0n) is 9.16. The number of hydrogen-bond acceptors (Lipinski definition) is 3. The van der Waals surface area contributed by atoms with Crippen LogP contribution in [-0.2, 0) is 27.2 Å². The van der Waals surface area contributed by atoms with E-state index in [1.54, 1.807) is 36.0 Å². The van der Waals surface area contributed by atoms with E-state index in [2.05, 4.69) is 21.3 Å². The Morgan fingerprint density at radius 2 is 1.88 bits per heavy atom. The van der Waals surface area contributed by atoms with E-state index in [1.807, 2.05) is 6.26 Å². The van der Waals surface area contributed by atoms with Crippen LogP contribution >= 0.6 is 11.8 Å². The zero-order chi connectivity index (χ0) is 12.0. The van der Waals surface area contributed by atoms with Crippen molar-refractivity contribution in [3.05, 3.63) is 29.8 Å². The minimum absolute atomic E-state index is 0. The molecular weight excluding hydrogens is 486 g/mol. The number of nitrogens with one attached hydrogen (secondary N) is 1. The van der Waals surface area contributed by atoms with E-state index in [4.69, 9.17) is 0 Å². The molecule has 0 saturated carbocycles. The molecule has 2 radical (unpaired) electrons. The molecule has 1 rings (SSSR count). The molecule has 0 fully saturated rings. The van der Waals surface area contributed by atoms with E-state index in [0.29, 0.717) is 12.0 Å². The summed E-state index contributed by atoms with van der Waals surface area (Å²) in [6.45, 7) is 0. The van der Waals surface area contributed by atoms with Crippen molar-refractivity contribution in [3.63, 3.8) is 0 Å². The van der Waals surface area contributed by atoms with Crippen molar-refractivity contribution in [2.45, 2.75) is 6.42 Å². The fourth-order valence-electron chi connectivity index (χ4n) is 1.11. The van der Waals surface area contributed by atoms with Gasteiger partial charge in [0.05, 0.1) is 0 Å². The Morgan fingerprint density at radius 3 is 2.35 bits per heavy atom. The van der Waals surface area contributed by atoms with Gasteiger partial charge in [0.15, 0.2) is 0 Å². The molecule has 1 N–H and O–H groups in total. The van der Waals surface area contributed by atoms with Gasteiger partial charge in [0.1, 0.15) is 0 Å². The summed E-state index contributed by atoms with van der Waals surface area (Å²) in [4.78, 5) is 22.4. The average molecular weight is 498 g/mol. The molecule has 6 heteroatoms. The van der Waals surface area contributed by atoms with E-state index in [1.165, 1.54) is 0 Å². The van der Waals surface area contributed by atoms with Gasteiger partial charge in [-0.2, -0.15) is 0 Å². The van der Waals surface area contributed by atoms with E-state index in [0.717, 1.165) is 11.4 Å². The van der Waals surface area contributed by atoms with Gasteiger partial charge in [-0.25, -0.2) is 0 Å². The summed E-state index contributed by atoms with van der Waals surface area (Å²) in [7, 11) is 0. The molecule has 96 valence electrons. The van der Waals surface area contributed by atoms with Gasteiger partial charge < -0.3 is 0 Å². The van der Waals surface area contributed by atoms with Crippen molar-refractivity contribution in [2.24, 2.45) is 0 Å². The molecule has 0 heterocycles. The summed E-state index contributed by atoms with van der Waals surface area (Å²) in [6.07, 6.45) is 2.47. The van der Waals surface area contributed by atoms with Gasteiger partial charge in [-0.1, -0.05) is 0 Å². The number of rotatable bonds is 5. The fourth-order valence-corrected chi connectivity index (χ4v) is 1.78. The molecule has 0 saturated heterocycles. The molecule has 1 aromatic carbocycles. The average Bonchev–Trinajstić information content (AvgIpc) is 2.27. The molecule has 0 spiro atoms. The minimum atomic E-state index is -0.0970. The number of carbonyl (C=O) groups excluding carboxylic acids is 2. The van der Waals surface area contributed by atoms with Gasteiger partial charge in [-0.3, -0.25) is 0 Å². The molecule has 1 aromatic rings. The molecule has 0 aromatic heterocycles. The summed E-state index contributed by atoms with van der Waals surface area (Å²) in [5.41, 5.74) is 1.32. The van der Waals surface area contributed by atoms with Crippen LogP contribution in [0.15, 0.2) is 24.3 Å². The third kappa shape index (κ3) is 6.46. The predicted molar refractivity (Wildman–Crippen MR) is 68.2 cm³/mol. The van der Waals surface area contributed by atoms with Crippen molar-refractivity contribution in [1.29, 1.82) is 0 Å². The van der Waals surface area contributed by atoms with Gasteiger partial charge in [-0.15, -0.1) is 0 Å². The Balaban J connectivity index is 0.00000256. The Hall–Kier alpha value is -0.0303. The van der Waals surface area contributed by atoms with E-state index >= 15 is 0 Å². The summed E-state index contributed by atoms with van der Waals surface area (Å²) < 4.78 is -0.0970. The first-order valence-electron chi connectivity index (χ1n) is 4.73. The third-order valence-electron chi connectivity index (χ3n) is 1.94. The molecule has 0 unspecified atom stereocenters. The molecular formula is C11H12AuNO2SSe. The number of amides is 1. The SMILES string of the molecule is CSCCC(=O)Nc1ccc(C(=O)[Se])cc1.[Au]. The van der Waals surface area contributed by atoms with Gasteiger partial charge >= 0.3 is 107 Å². The van der Waals surface area contributed by atoms with Gasteiger partial charge in [0, 0.05) is 22.4 Å². The van der Waals surface area contributed by atoms with Crippen LogP contribution in [0.25, 0.3) is 0 Å². The van der Waals surface area contributed by atoms with E-state index in [-0.39, 0.29) is 33.0 Å². The van der Waals surface area contributed by atoms with Gasteiger partial charge in [-0.05, 0) is 0 Å². The first kappa shape index (κ1) is 17.0. The van der Waals surface area contributed by atoms with Crippen LogP contribution in [-0.4, -0.2) is 38.6 Å². The number of carbonyl (C=O) groups is 2. The third-order valence-corrected chi connectivity index (χ3v) is 3.04. The van der Waals surface area contributed by atoms with Crippen LogP contribution in [0.2, 0.25) is 0 Å². The first-order valence-corrected chi connectivity index (χ1v) is 6.98. The van der Waals surface area contributed by atoms with Crippen molar-refractivity contribution < 1.29 is 32.0 Å². The van der Waals surface area contributed by atoms with Crippen molar-refractivity contribution in [1.82, 2.24) is 0 Å². The number of thioether (sulfide) groups is 1. The molecule has 1 amide bonds. The number of hydrogen-bond donors (Lipinski definition) is 1. The molecule has 0 bridgehead atoms. The standard InChI is InChI=1S/C11H12NO2SSe.Au/c1-15-7-6-10(13)12-9-4-2-8(3-5-9)11(14)16;/h2-5H,6-7H2,1H3,(H,12,13);. The molecule has 0 aliphatic carbocycles.